The van der Waals surface area contributed by atoms with Gasteiger partial charge >= 0.3 is 0 Å². The van der Waals surface area contributed by atoms with Gasteiger partial charge in [0.25, 0.3) is 5.91 Å². The number of nitrogens with zero attached hydrogens (tertiary/aromatic N) is 2. The molecular weight excluding hydrogens is 450 g/mol. The van der Waals surface area contributed by atoms with Crippen molar-refractivity contribution in [2.24, 2.45) is 0 Å². The van der Waals surface area contributed by atoms with Crippen LogP contribution in [0.5, 0.6) is 0 Å². The second-order valence-electron chi connectivity index (χ2n) is 8.95. The van der Waals surface area contributed by atoms with Gasteiger partial charge < -0.3 is 16.4 Å². The van der Waals surface area contributed by atoms with Crippen LogP contribution in [-0.4, -0.2) is 49.3 Å². The fourth-order valence-corrected chi connectivity index (χ4v) is 5.57. The van der Waals surface area contributed by atoms with Crippen molar-refractivity contribution in [1.82, 2.24) is 14.6 Å². The first kappa shape index (κ1) is 22.4. The second-order valence-corrected chi connectivity index (χ2v) is 10.9. The zero-order valence-corrected chi connectivity index (χ0v) is 19.9. The van der Waals surface area contributed by atoms with E-state index < -0.39 is 10.0 Å². The van der Waals surface area contributed by atoms with Crippen molar-refractivity contribution in [2.75, 3.05) is 24.6 Å². The highest BCUT2D eigenvalue weighted by atomic mass is 32.2. The van der Waals surface area contributed by atoms with Crippen molar-refractivity contribution in [3.05, 3.63) is 60.3 Å². The van der Waals surface area contributed by atoms with E-state index in [1.54, 1.807) is 43.6 Å². The Kier molecular flexibility index (Phi) is 5.53. The molecule has 0 radical (unpaired) electrons. The van der Waals surface area contributed by atoms with Crippen molar-refractivity contribution in [1.29, 1.82) is 0 Å². The van der Waals surface area contributed by atoms with E-state index in [0.29, 0.717) is 17.9 Å². The van der Waals surface area contributed by atoms with Crippen molar-refractivity contribution >= 4 is 27.4 Å². The van der Waals surface area contributed by atoms with Crippen LogP contribution >= 0.6 is 0 Å². The first-order valence-corrected chi connectivity index (χ1v) is 12.7. The maximum atomic E-state index is 12.8. The summed E-state index contributed by atoms with van der Waals surface area (Å²) in [6.07, 6.45) is 3.50. The quantitative estimate of drug-likeness (QED) is 0.519. The van der Waals surface area contributed by atoms with E-state index in [9.17, 15) is 13.2 Å². The van der Waals surface area contributed by atoms with Gasteiger partial charge in [-0.05, 0) is 61.2 Å². The minimum Gasteiger partial charge on any atom is -0.383 e. The molecule has 1 atom stereocenters. The summed E-state index contributed by atoms with van der Waals surface area (Å²) in [7, 11) is -1.86. The predicted octanol–water partition coefficient (Wildman–Crippen LogP) is 3.32. The zero-order chi connectivity index (χ0) is 24.0. The SMILES string of the molecule is C[C@H]1CNc2cc(-c3cc(-c4ccc(S(=O)(=O)N(C)C5CC5)cc4)cnc3N)ccc2C(=O)N1. The summed E-state index contributed by atoms with van der Waals surface area (Å²) in [4.78, 5) is 17.1. The van der Waals surface area contributed by atoms with Crippen molar-refractivity contribution in [2.45, 2.75) is 36.7 Å². The Morgan fingerprint density at radius 3 is 2.41 bits per heavy atom. The van der Waals surface area contributed by atoms with Gasteiger partial charge in [0.1, 0.15) is 5.82 Å². The summed E-state index contributed by atoms with van der Waals surface area (Å²) >= 11 is 0. The van der Waals surface area contributed by atoms with E-state index >= 15 is 0 Å². The van der Waals surface area contributed by atoms with Crippen molar-refractivity contribution in [3.8, 4) is 22.3 Å². The number of nitrogens with one attached hydrogen (secondary N) is 2. The molecule has 34 heavy (non-hydrogen) atoms. The van der Waals surface area contributed by atoms with Crippen LogP contribution in [0.4, 0.5) is 11.5 Å². The highest BCUT2D eigenvalue weighted by molar-refractivity contribution is 7.89. The van der Waals surface area contributed by atoms with Gasteiger partial charge in [-0.2, -0.15) is 4.31 Å². The van der Waals surface area contributed by atoms with E-state index in [0.717, 1.165) is 40.8 Å². The number of nitrogens with two attached hydrogens (primary N) is 1. The Bertz CT molecular complexity index is 1370. The minimum absolute atomic E-state index is 0.0225. The number of carbonyl (C=O) groups excluding carboxylic acids is 1. The third-order valence-corrected chi connectivity index (χ3v) is 8.32. The second kappa shape index (κ2) is 8.41. The van der Waals surface area contributed by atoms with Crippen LogP contribution in [0.3, 0.4) is 0 Å². The third kappa shape index (κ3) is 4.12. The van der Waals surface area contributed by atoms with Gasteiger partial charge in [-0.3, -0.25) is 4.79 Å². The summed E-state index contributed by atoms with van der Waals surface area (Å²) in [5.41, 5.74) is 10.8. The van der Waals surface area contributed by atoms with E-state index in [1.807, 2.05) is 25.1 Å². The van der Waals surface area contributed by atoms with E-state index in [2.05, 4.69) is 15.6 Å². The van der Waals surface area contributed by atoms with E-state index in [4.69, 9.17) is 5.73 Å². The van der Waals surface area contributed by atoms with Crippen LogP contribution in [0.25, 0.3) is 22.3 Å². The highest BCUT2D eigenvalue weighted by Crippen LogP contribution is 2.34. The highest BCUT2D eigenvalue weighted by Gasteiger charge is 2.35. The third-order valence-electron chi connectivity index (χ3n) is 6.40. The number of carbonyl (C=O) groups is 1. The van der Waals surface area contributed by atoms with Gasteiger partial charge in [-0.25, -0.2) is 13.4 Å². The van der Waals surface area contributed by atoms with Crippen LogP contribution in [0.2, 0.25) is 0 Å². The molecule has 8 nitrogen and oxygen atoms in total. The molecule has 0 spiro atoms. The Hall–Kier alpha value is -3.43. The van der Waals surface area contributed by atoms with Crippen molar-refractivity contribution < 1.29 is 13.2 Å². The van der Waals surface area contributed by atoms with Crippen LogP contribution < -0.4 is 16.4 Å². The Labute approximate surface area is 199 Å². The van der Waals surface area contributed by atoms with Gasteiger partial charge in [0.2, 0.25) is 10.0 Å². The van der Waals surface area contributed by atoms with Crippen LogP contribution in [0, 0.1) is 0 Å². The standard InChI is InChI=1S/C25H27N5O3S/c1-15-13-27-23-12-17(5-10-21(23)25(31)29-15)22-11-18(14-28-24(22)26)16-3-8-20(9-4-16)34(32,33)30(2)19-6-7-19/h3-5,8-12,14-15,19,27H,6-7,13H2,1-2H3,(H2,26,28)(H,29,31)/t15-/m0/s1. The lowest BCUT2D eigenvalue weighted by molar-refractivity contribution is 0.0945. The smallest absolute Gasteiger partial charge is 0.253 e. The number of pyridine rings is 1. The molecule has 1 fully saturated rings. The summed E-state index contributed by atoms with van der Waals surface area (Å²) in [5.74, 6) is 0.265. The molecule has 9 heteroatoms. The molecule has 0 unspecified atom stereocenters. The molecule has 1 amide bonds. The average Bonchev–Trinajstić information content (AvgIpc) is 3.68. The normalized spacial score (nSPS) is 18.1. The summed E-state index contributed by atoms with van der Waals surface area (Å²) in [6, 6.07) is 14.5. The molecule has 2 aliphatic rings. The molecule has 2 heterocycles. The van der Waals surface area contributed by atoms with E-state index in [1.165, 1.54) is 4.31 Å². The van der Waals surface area contributed by atoms with Gasteiger partial charge in [0.05, 0.1) is 10.5 Å². The summed E-state index contributed by atoms with van der Waals surface area (Å²) in [5, 5.41) is 6.26. The molecule has 1 aliphatic heterocycles. The van der Waals surface area contributed by atoms with Crippen LogP contribution in [0.15, 0.2) is 59.6 Å². The number of hydrogen-bond donors (Lipinski definition) is 3. The lowest BCUT2D eigenvalue weighted by Crippen LogP contribution is -2.34. The number of nitrogen functional groups attached to an aromatic ring is 1. The molecule has 0 saturated heterocycles. The molecule has 2 aromatic carbocycles. The Morgan fingerprint density at radius 1 is 1.00 bits per heavy atom. The molecule has 0 bridgehead atoms. The van der Waals surface area contributed by atoms with E-state index in [-0.39, 0.29) is 22.9 Å². The largest absolute Gasteiger partial charge is 0.383 e. The number of anilines is 2. The maximum absolute atomic E-state index is 12.8. The molecule has 3 aromatic rings. The number of aromatic nitrogens is 1. The number of hydrogen-bond acceptors (Lipinski definition) is 6. The monoisotopic (exact) mass is 477 g/mol. The van der Waals surface area contributed by atoms with Gasteiger partial charge in [0.15, 0.2) is 0 Å². The number of benzene rings is 2. The minimum atomic E-state index is -3.49. The Balaban J connectivity index is 1.46. The molecule has 1 saturated carbocycles. The summed E-state index contributed by atoms with van der Waals surface area (Å²) in [6.45, 7) is 2.57. The number of fused-ring (bicyclic) bond motifs is 1. The maximum Gasteiger partial charge on any atom is 0.253 e. The molecule has 1 aromatic heterocycles. The fraction of sp³-hybridized carbons (Fsp3) is 0.280. The average molecular weight is 478 g/mol. The fourth-order valence-electron chi connectivity index (χ4n) is 4.16. The molecule has 1 aliphatic carbocycles. The first-order valence-electron chi connectivity index (χ1n) is 11.3. The zero-order valence-electron chi connectivity index (χ0n) is 19.1. The number of rotatable bonds is 5. The first-order chi connectivity index (χ1) is 16.2. The van der Waals surface area contributed by atoms with Gasteiger partial charge in [0, 0.05) is 48.7 Å². The molecule has 4 N–H and O–H groups in total. The molecular formula is C25H27N5O3S. The van der Waals surface area contributed by atoms with Crippen LogP contribution in [-0.2, 0) is 10.0 Å². The topological polar surface area (TPSA) is 117 Å². The summed E-state index contributed by atoms with van der Waals surface area (Å²) < 4.78 is 27.0. The predicted molar refractivity (Wildman–Crippen MR) is 133 cm³/mol. The number of amides is 1. The van der Waals surface area contributed by atoms with Crippen LogP contribution in [0.1, 0.15) is 30.1 Å². The molecule has 176 valence electrons. The number of sulfonamides is 1. The lowest BCUT2D eigenvalue weighted by atomic mass is 9.99. The lowest BCUT2D eigenvalue weighted by Gasteiger charge is -2.16. The van der Waals surface area contributed by atoms with Crippen molar-refractivity contribution in [3.63, 3.8) is 0 Å². The van der Waals surface area contributed by atoms with Gasteiger partial charge in [-0.1, -0.05) is 18.2 Å². The molecule has 5 rings (SSSR count). The Morgan fingerprint density at radius 2 is 1.71 bits per heavy atom. The van der Waals surface area contributed by atoms with Gasteiger partial charge in [-0.15, -0.1) is 0 Å².